The minimum Gasteiger partial charge on any atom is -0.494 e. The van der Waals surface area contributed by atoms with Gasteiger partial charge in [-0.3, -0.25) is 4.79 Å². The zero-order valence-corrected chi connectivity index (χ0v) is 20.6. The number of rotatable bonds is 6. The molecule has 8 nitrogen and oxygen atoms in total. The van der Waals surface area contributed by atoms with Crippen LogP contribution in [0.2, 0.25) is 0 Å². The number of carbonyl (C=O) groups excluding carboxylic acids is 1. The van der Waals surface area contributed by atoms with E-state index in [4.69, 9.17) is 15.5 Å². The van der Waals surface area contributed by atoms with Crippen molar-refractivity contribution in [1.82, 2.24) is 19.0 Å². The van der Waals surface area contributed by atoms with Gasteiger partial charge in [-0.05, 0) is 43.0 Å². The van der Waals surface area contributed by atoms with E-state index in [0.29, 0.717) is 36.5 Å². The first-order valence-corrected chi connectivity index (χ1v) is 12.2. The molecule has 0 aliphatic carbocycles. The molecule has 2 atom stereocenters. The minimum absolute atomic E-state index is 0.0167. The van der Waals surface area contributed by atoms with Crippen LogP contribution < -0.4 is 10.5 Å². The lowest BCUT2D eigenvalue weighted by Gasteiger charge is -2.30. The monoisotopic (exact) mass is 475 g/mol. The van der Waals surface area contributed by atoms with Crippen LogP contribution in [0.25, 0.3) is 33.5 Å². The molecular weight excluding hydrogens is 442 g/mol. The van der Waals surface area contributed by atoms with Gasteiger partial charge in [-0.15, -0.1) is 0 Å². The van der Waals surface area contributed by atoms with Crippen molar-refractivity contribution in [1.29, 1.82) is 0 Å². The number of methoxy groups -OCH3 is 1. The number of aromatic nitrogens is 3. The maximum absolute atomic E-state index is 13.3. The molecule has 1 unspecified atom stereocenters. The van der Waals surface area contributed by atoms with Crippen LogP contribution in [0.15, 0.2) is 42.5 Å². The van der Waals surface area contributed by atoms with Crippen LogP contribution in [-0.4, -0.2) is 62.9 Å². The molecule has 1 aliphatic heterocycles. The average molecular weight is 476 g/mol. The number of aryl methyl sites for hydroxylation is 1. The fraction of sp³-hybridized carbons (Fsp3) is 0.407. The van der Waals surface area contributed by atoms with Gasteiger partial charge in [0.2, 0.25) is 0 Å². The molecule has 4 aromatic rings. The summed E-state index contributed by atoms with van der Waals surface area (Å²) in [5.74, 6) is 1.44. The number of hydrogen-bond acceptors (Lipinski definition) is 5. The van der Waals surface area contributed by atoms with Crippen LogP contribution in [0.4, 0.5) is 0 Å². The van der Waals surface area contributed by atoms with E-state index in [9.17, 15) is 9.90 Å². The van der Waals surface area contributed by atoms with E-state index in [0.717, 1.165) is 40.8 Å². The van der Waals surface area contributed by atoms with Gasteiger partial charge in [-0.2, -0.15) is 0 Å². The molecule has 5 rings (SSSR count). The van der Waals surface area contributed by atoms with Crippen molar-refractivity contribution >= 4 is 27.8 Å². The largest absolute Gasteiger partial charge is 0.494 e. The van der Waals surface area contributed by atoms with Gasteiger partial charge in [0.15, 0.2) is 5.82 Å². The number of nitrogens with zero attached hydrogens (tertiary/aromatic N) is 4. The number of piperidine rings is 1. The Morgan fingerprint density at radius 2 is 2.09 bits per heavy atom. The van der Waals surface area contributed by atoms with Crippen molar-refractivity contribution in [2.24, 2.45) is 18.7 Å². The van der Waals surface area contributed by atoms with Crippen LogP contribution in [0.3, 0.4) is 0 Å². The number of likely N-dealkylation sites (tertiary alicyclic amines) is 1. The van der Waals surface area contributed by atoms with Crippen molar-refractivity contribution < 1.29 is 14.6 Å². The van der Waals surface area contributed by atoms with Gasteiger partial charge in [-0.1, -0.05) is 25.1 Å². The molecular formula is C27H33N5O3. The summed E-state index contributed by atoms with van der Waals surface area (Å²) in [6.07, 6.45) is 1.86. The van der Waals surface area contributed by atoms with E-state index in [1.54, 1.807) is 13.2 Å². The Hall–Kier alpha value is -3.36. The molecule has 3 N–H and O–H groups in total. The quantitative estimate of drug-likeness (QED) is 0.445. The lowest BCUT2D eigenvalue weighted by atomic mass is 10.0. The predicted octanol–water partition coefficient (Wildman–Crippen LogP) is 3.40. The number of benzene rings is 2. The minimum atomic E-state index is -0.0431. The van der Waals surface area contributed by atoms with Crippen LogP contribution in [0.5, 0.6) is 5.75 Å². The van der Waals surface area contributed by atoms with E-state index in [1.165, 1.54) is 0 Å². The molecule has 1 aliphatic rings. The van der Waals surface area contributed by atoms with E-state index >= 15 is 0 Å². The fourth-order valence-corrected chi connectivity index (χ4v) is 5.16. The van der Waals surface area contributed by atoms with E-state index in [-0.39, 0.29) is 24.5 Å². The van der Waals surface area contributed by atoms with Crippen molar-refractivity contribution in [3.63, 3.8) is 0 Å². The Bertz CT molecular complexity index is 1390. The summed E-state index contributed by atoms with van der Waals surface area (Å²) in [5, 5.41) is 10.8. The maximum atomic E-state index is 13.3. The first-order valence-electron chi connectivity index (χ1n) is 12.2. The lowest BCUT2D eigenvalue weighted by Crippen LogP contribution is -2.45. The molecule has 8 heteroatoms. The Morgan fingerprint density at radius 1 is 1.29 bits per heavy atom. The van der Waals surface area contributed by atoms with Gasteiger partial charge in [0.1, 0.15) is 11.3 Å². The van der Waals surface area contributed by atoms with Crippen LogP contribution in [0.1, 0.15) is 30.1 Å². The molecule has 1 amide bonds. The lowest BCUT2D eigenvalue weighted by molar-refractivity contribution is 0.0708. The second-order valence-electron chi connectivity index (χ2n) is 9.68. The SMILES string of the molecule is COc1cc(C(=O)N2CCC[C@@H](N)C2)cc2nc(-c3cc4ccccc4n3CC(C)CO)n(C)c12. The Balaban J connectivity index is 1.64. The summed E-state index contributed by atoms with van der Waals surface area (Å²) in [6, 6.07) is 14.0. The second kappa shape index (κ2) is 9.36. The number of imidazole rings is 1. The van der Waals surface area contributed by atoms with Crippen molar-refractivity contribution in [3.8, 4) is 17.3 Å². The van der Waals surface area contributed by atoms with Crippen LogP contribution in [-0.2, 0) is 13.6 Å². The van der Waals surface area contributed by atoms with E-state index in [1.807, 2.05) is 41.6 Å². The molecule has 1 fully saturated rings. The van der Waals surface area contributed by atoms with Gasteiger partial charge < -0.3 is 29.6 Å². The molecule has 0 radical (unpaired) electrons. The Morgan fingerprint density at radius 3 is 2.83 bits per heavy atom. The smallest absolute Gasteiger partial charge is 0.254 e. The highest BCUT2D eigenvalue weighted by Crippen LogP contribution is 2.35. The maximum Gasteiger partial charge on any atom is 0.254 e. The standard InChI is InChI=1S/C27H33N5O3/c1-17(16-33)14-32-22-9-5-4-7-18(22)12-23(32)26-29-21-11-19(13-24(35-3)25(21)30(26)2)27(34)31-10-6-8-20(28)15-31/h4-5,7,9,11-13,17,20,33H,6,8,10,14-16,28H2,1-3H3/t17?,20-/m1/s1. The number of carbonyl (C=O) groups is 1. The normalized spacial score (nSPS) is 17.3. The zero-order chi connectivity index (χ0) is 24.7. The highest BCUT2D eigenvalue weighted by atomic mass is 16.5. The number of aliphatic hydroxyl groups excluding tert-OH is 1. The van der Waals surface area contributed by atoms with E-state index < -0.39 is 0 Å². The van der Waals surface area contributed by atoms with Crippen molar-refractivity contribution in [2.75, 3.05) is 26.8 Å². The van der Waals surface area contributed by atoms with Gasteiger partial charge in [0.25, 0.3) is 5.91 Å². The summed E-state index contributed by atoms with van der Waals surface area (Å²) >= 11 is 0. The highest BCUT2D eigenvalue weighted by Gasteiger charge is 2.25. The number of hydrogen-bond donors (Lipinski definition) is 2. The molecule has 2 aromatic carbocycles. The van der Waals surface area contributed by atoms with Gasteiger partial charge in [-0.25, -0.2) is 4.98 Å². The van der Waals surface area contributed by atoms with Crippen LogP contribution >= 0.6 is 0 Å². The summed E-state index contributed by atoms with van der Waals surface area (Å²) in [5.41, 5.74) is 10.3. The molecule has 0 bridgehead atoms. The number of para-hydroxylation sites is 1. The number of fused-ring (bicyclic) bond motifs is 2. The average Bonchev–Trinajstić information content (AvgIpc) is 3.40. The first-order chi connectivity index (χ1) is 16.9. The molecule has 35 heavy (non-hydrogen) atoms. The summed E-state index contributed by atoms with van der Waals surface area (Å²) < 4.78 is 9.97. The first kappa shape index (κ1) is 23.4. The van der Waals surface area contributed by atoms with Gasteiger partial charge >= 0.3 is 0 Å². The zero-order valence-electron chi connectivity index (χ0n) is 20.6. The molecule has 0 spiro atoms. The molecule has 184 valence electrons. The molecule has 3 heterocycles. The number of aliphatic hydroxyl groups is 1. The molecule has 1 saturated heterocycles. The molecule has 2 aromatic heterocycles. The number of ether oxygens (including phenoxy) is 1. The Labute approximate surface area is 204 Å². The molecule has 0 saturated carbocycles. The fourth-order valence-electron chi connectivity index (χ4n) is 5.16. The van der Waals surface area contributed by atoms with E-state index in [2.05, 4.69) is 22.8 Å². The third-order valence-electron chi connectivity index (χ3n) is 6.99. The van der Waals surface area contributed by atoms with Crippen molar-refractivity contribution in [2.45, 2.75) is 32.4 Å². The second-order valence-corrected chi connectivity index (χ2v) is 9.68. The number of nitrogens with two attached hydrogens (primary N) is 1. The summed E-state index contributed by atoms with van der Waals surface area (Å²) in [7, 11) is 3.59. The Kier molecular flexibility index (Phi) is 6.25. The van der Waals surface area contributed by atoms with Crippen LogP contribution in [0, 0.1) is 5.92 Å². The third-order valence-corrected chi connectivity index (χ3v) is 6.99. The third kappa shape index (κ3) is 4.17. The topological polar surface area (TPSA) is 98.5 Å². The van der Waals surface area contributed by atoms with Gasteiger partial charge in [0.05, 0.1) is 18.3 Å². The predicted molar refractivity (Wildman–Crippen MR) is 138 cm³/mol. The summed E-state index contributed by atoms with van der Waals surface area (Å²) in [6.45, 7) is 4.08. The highest BCUT2D eigenvalue weighted by molar-refractivity contribution is 6.00. The van der Waals surface area contributed by atoms with Crippen molar-refractivity contribution in [3.05, 3.63) is 48.0 Å². The van der Waals surface area contributed by atoms with Gasteiger partial charge in [0, 0.05) is 55.8 Å². The summed E-state index contributed by atoms with van der Waals surface area (Å²) in [4.78, 5) is 20.1. The number of amides is 1.